The maximum atomic E-state index is 11.9. The van der Waals surface area contributed by atoms with Crippen LogP contribution in [0.1, 0.15) is 12.8 Å². The van der Waals surface area contributed by atoms with E-state index in [-0.39, 0.29) is 28.2 Å². The van der Waals surface area contributed by atoms with E-state index in [4.69, 9.17) is 0 Å². The molecule has 0 radical (unpaired) electrons. The minimum Gasteiger partial charge on any atom is -0.506 e. The van der Waals surface area contributed by atoms with Crippen molar-refractivity contribution in [1.82, 2.24) is 5.32 Å². The lowest BCUT2D eigenvalue weighted by Crippen LogP contribution is -2.18. The highest BCUT2D eigenvalue weighted by Gasteiger charge is 2.19. The molecule has 1 aromatic rings. The molecule has 1 aromatic carbocycles. The van der Waals surface area contributed by atoms with E-state index in [1.807, 2.05) is 0 Å². The molecule has 7 heteroatoms. The van der Waals surface area contributed by atoms with E-state index >= 15 is 0 Å². The number of sulfone groups is 1. The van der Waals surface area contributed by atoms with Crippen LogP contribution < -0.4 is 10.6 Å². The Bertz CT molecular complexity index is 607. The molecule has 1 heterocycles. The number of hydrogen-bond donors (Lipinski definition) is 3. The molecule has 0 bridgehead atoms. The summed E-state index contributed by atoms with van der Waals surface area (Å²) in [5.41, 5.74) is 0.129. The summed E-state index contributed by atoms with van der Waals surface area (Å²) in [4.78, 5) is 11.9. The lowest BCUT2D eigenvalue weighted by atomic mass is 10.0. The standard InChI is InChI=1S/C13H18N2O4S/c1-20(18,19)10-2-3-12(16)11(7-10)15-13(17)6-9-4-5-14-8-9/h2-3,7,9,14,16H,4-6,8H2,1H3,(H,15,17). The van der Waals surface area contributed by atoms with Crippen LogP contribution in [0.4, 0.5) is 5.69 Å². The predicted molar refractivity (Wildman–Crippen MR) is 75.4 cm³/mol. The van der Waals surface area contributed by atoms with Gasteiger partial charge in [0.1, 0.15) is 5.75 Å². The van der Waals surface area contributed by atoms with E-state index in [0.29, 0.717) is 6.42 Å². The van der Waals surface area contributed by atoms with Crippen molar-refractivity contribution < 1.29 is 18.3 Å². The molecule has 110 valence electrons. The molecule has 2 rings (SSSR count). The van der Waals surface area contributed by atoms with Gasteiger partial charge in [-0.2, -0.15) is 0 Å². The smallest absolute Gasteiger partial charge is 0.224 e. The molecule has 1 fully saturated rings. The van der Waals surface area contributed by atoms with Gasteiger partial charge in [-0.25, -0.2) is 8.42 Å². The summed E-state index contributed by atoms with van der Waals surface area (Å²) in [7, 11) is -3.37. The quantitative estimate of drug-likeness (QED) is 0.712. The first-order valence-electron chi connectivity index (χ1n) is 6.40. The molecular formula is C13H18N2O4S. The first-order valence-corrected chi connectivity index (χ1v) is 8.29. The second kappa shape index (κ2) is 5.80. The molecule has 1 unspecified atom stereocenters. The van der Waals surface area contributed by atoms with E-state index in [0.717, 1.165) is 25.8 Å². The molecule has 1 amide bonds. The van der Waals surface area contributed by atoms with E-state index in [2.05, 4.69) is 10.6 Å². The van der Waals surface area contributed by atoms with Crippen LogP contribution in [-0.4, -0.2) is 38.8 Å². The number of benzene rings is 1. The third-order valence-corrected chi connectivity index (χ3v) is 4.42. The van der Waals surface area contributed by atoms with Crippen molar-refractivity contribution >= 4 is 21.4 Å². The van der Waals surface area contributed by atoms with Crippen LogP contribution in [0.5, 0.6) is 5.75 Å². The monoisotopic (exact) mass is 298 g/mol. The highest BCUT2D eigenvalue weighted by atomic mass is 32.2. The summed E-state index contributed by atoms with van der Waals surface area (Å²) in [5.74, 6) is -0.0785. The second-order valence-corrected chi connectivity index (χ2v) is 7.08. The molecule has 0 spiro atoms. The average molecular weight is 298 g/mol. The van der Waals surface area contributed by atoms with E-state index in [9.17, 15) is 18.3 Å². The number of rotatable bonds is 4. The van der Waals surface area contributed by atoms with Gasteiger partial charge >= 0.3 is 0 Å². The molecule has 1 aliphatic rings. The van der Waals surface area contributed by atoms with E-state index < -0.39 is 9.84 Å². The Balaban J connectivity index is 2.09. The Kier molecular flexibility index (Phi) is 4.29. The highest BCUT2D eigenvalue weighted by molar-refractivity contribution is 7.90. The number of aromatic hydroxyl groups is 1. The normalized spacial score (nSPS) is 18.9. The maximum absolute atomic E-state index is 11.9. The first-order chi connectivity index (χ1) is 9.36. The van der Waals surface area contributed by atoms with Crippen LogP contribution in [0, 0.1) is 5.92 Å². The largest absolute Gasteiger partial charge is 0.506 e. The van der Waals surface area contributed by atoms with Crippen LogP contribution in [0.25, 0.3) is 0 Å². The number of phenolic OH excluding ortho intramolecular Hbond substituents is 1. The molecule has 1 aliphatic heterocycles. The van der Waals surface area contributed by atoms with Crippen molar-refractivity contribution in [2.24, 2.45) is 5.92 Å². The number of nitrogens with one attached hydrogen (secondary N) is 2. The number of amides is 1. The maximum Gasteiger partial charge on any atom is 0.224 e. The van der Waals surface area contributed by atoms with Crippen LogP contribution in [0.2, 0.25) is 0 Å². The molecule has 20 heavy (non-hydrogen) atoms. The molecule has 1 atom stereocenters. The summed E-state index contributed by atoms with van der Waals surface area (Å²) in [6.07, 6.45) is 2.38. The minimum absolute atomic E-state index is 0.0631. The predicted octanol–water partition coefficient (Wildman–Crippen LogP) is 0.734. The molecule has 0 aromatic heterocycles. The van der Waals surface area contributed by atoms with Gasteiger partial charge in [0.2, 0.25) is 5.91 Å². The van der Waals surface area contributed by atoms with Crippen molar-refractivity contribution in [3.05, 3.63) is 18.2 Å². The first kappa shape index (κ1) is 14.8. The van der Waals surface area contributed by atoms with Crippen molar-refractivity contribution in [3.63, 3.8) is 0 Å². The zero-order valence-electron chi connectivity index (χ0n) is 11.2. The number of anilines is 1. The van der Waals surface area contributed by atoms with Crippen molar-refractivity contribution in [1.29, 1.82) is 0 Å². The zero-order valence-corrected chi connectivity index (χ0v) is 12.0. The molecular weight excluding hydrogens is 280 g/mol. The Morgan fingerprint density at radius 2 is 2.25 bits per heavy atom. The summed E-state index contributed by atoms with van der Waals surface area (Å²) in [6, 6.07) is 3.85. The lowest BCUT2D eigenvalue weighted by Gasteiger charge is -2.11. The van der Waals surface area contributed by atoms with Gasteiger partial charge in [-0.15, -0.1) is 0 Å². The van der Waals surface area contributed by atoms with Crippen molar-refractivity contribution in [3.8, 4) is 5.75 Å². The van der Waals surface area contributed by atoms with Gasteiger partial charge < -0.3 is 15.7 Å². The van der Waals surface area contributed by atoms with Gasteiger partial charge in [-0.3, -0.25) is 4.79 Å². The zero-order chi connectivity index (χ0) is 14.8. The van der Waals surface area contributed by atoms with E-state index in [1.165, 1.54) is 18.2 Å². The minimum atomic E-state index is -3.37. The SMILES string of the molecule is CS(=O)(=O)c1ccc(O)c(NC(=O)CC2CCNC2)c1. The Morgan fingerprint density at radius 3 is 2.85 bits per heavy atom. The Morgan fingerprint density at radius 1 is 1.50 bits per heavy atom. The Hall–Kier alpha value is -1.60. The molecule has 0 aliphatic carbocycles. The summed E-state index contributed by atoms with van der Waals surface area (Å²) in [6.45, 7) is 1.72. The van der Waals surface area contributed by atoms with Crippen LogP contribution >= 0.6 is 0 Å². The van der Waals surface area contributed by atoms with Gasteiger partial charge in [0.25, 0.3) is 0 Å². The third-order valence-electron chi connectivity index (χ3n) is 3.31. The van der Waals surface area contributed by atoms with Gasteiger partial charge in [0, 0.05) is 12.7 Å². The highest BCUT2D eigenvalue weighted by Crippen LogP contribution is 2.27. The van der Waals surface area contributed by atoms with Gasteiger partial charge in [0.15, 0.2) is 9.84 Å². The van der Waals surface area contributed by atoms with E-state index in [1.54, 1.807) is 0 Å². The molecule has 0 saturated carbocycles. The number of hydrogen-bond acceptors (Lipinski definition) is 5. The molecule has 3 N–H and O–H groups in total. The van der Waals surface area contributed by atoms with Gasteiger partial charge in [0.05, 0.1) is 10.6 Å². The number of phenols is 1. The second-order valence-electron chi connectivity index (χ2n) is 5.06. The fourth-order valence-electron chi connectivity index (χ4n) is 2.20. The fraction of sp³-hybridized carbons (Fsp3) is 0.462. The Labute approximate surface area is 118 Å². The van der Waals surface area contributed by atoms with Crippen molar-refractivity contribution in [2.75, 3.05) is 24.7 Å². The van der Waals surface area contributed by atoms with Crippen LogP contribution in [0.3, 0.4) is 0 Å². The fourth-order valence-corrected chi connectivity index (χ4v) is 2.85. The van der Waals surface area contributed by atoms with Gasteiger partial charge in [-0.1, -0.05) is 0 Å². The summed E-state index contributed by atoms with van der Waals surface area (Å²) >= 11 is 0. The topological polar surface area (TPSA) is 95.5 Å². The summed E-state index contributed by atoms with van der Waals surface area (Å²) < 4.78 is 22.9. The molecule has 1 saturated heterocycles. The van der Waals surface area contributed by atoms with Gasteiger partial charge in [-0.05, 0) is 43.6 Å². The summed E-state index contributed by atoms with van der Waals surface area (Å²) in [5, 5.41) is 15.4. The molecule has 6 nitrogen and oxygen atoms in total. The number of carbonyl (C=O) groups is 1. The van der Waals surface area contributed by atoms with Crippen molar-refractivity contribution in [2.45, 2.75) is 17.7 Å². The third kappa shape index (κ3) is 3.71. The number of carbonyl (C=O) groups excluding carboxylic acids is 1. The van der Waals surface area contributed by atoms with Crippen LogP contribution in [0.15, 0.2) is 23.1 Å². The van der Waals surface area contributed by atoms with Crippen LogP contribution in [-0.2, 0) is 14.6 Å². The average Bonchev–Trinajstić information content (AvgIpc) is 2.83. The lowest BCUT2D eigenvalue weighted by molar-refractivity contribution is -0.117.